The summed E-state index contributed by atoms with van der Waals surface area (Å²) in [6.07, 6.45) is -3.73. The van der Waals surface area contributed by atoms with Crippen LogP contribution in [0.4, 0.5) is 18.9 Å². The monoisotopic (exact) mass is 246 g/mol. The number of aromatic nitrogens is 3. The second kappa shape index (κ2) is 3.40. The first kappa shape index (κ1) is 11.3. The molecule has 0 saturated heterocycles. The lowest BCUT2D eigenvalue weighted by atomic mass is 10.4. The summed E-state index contributed by atoms with van der Waals surface area (Å²) in [7, 11) is 1.15. The van der Waals surface area contributed by atoms with Crippen LogP contribution in [0.2, 0.25) is 0 Å². The van der Waals surface area contributed by atoms with E-state index in [1.54, 1.807) is 0 Å². The lowest BCUT2D eigenvalue weighted by Crippen LogP contribution is -2.12. The van der Waals surface area contributed by atoms with Gasteiger partial charge in [0.15, 0.2) is 5.65 Å². The van der Waals surface area contributed by atoms with Crippen molar-refractivity contribution in [1.29, 1.82) is 0 Å². The van der Waals surface area contributed by atoms with Crippen LogP contribution in [0.15, 0.2) is 12.3 Å². The van der Waals surface area contributed by atoms with Crippen molar-refractivity contribution in [3.05, 3.63) is 28.2 Å². The number of hydrogen-bond donors (Lipinski definition) is 0. The molecular formula is C8H5F3N4O2. The molecule has 0 aromatic carbocycles. The molecule has 0 bridgehead atoms. The fourth-order valence-corrected chi connectivity index (χ4v) is 1.42. The molecule has 2 rings (SSSR count). The number of fused-ring (bicyclic) bond motifs is 1. The van der Waals surface area contributed by atoms with Gasteiger partial charge in [0.05, 0.1) is 4.92 Å². The molecule has 90 valence electrons. The largest absolute Gasteiger partial charge is 0.449 e. The molecule has 0 fully saturated rings. The smallest absolute Gasteiger partial charge is 0.308 e. The molecule has 6 nitrogen and oxygen atoms in total. The third kappa shape index (κ3) is 1.79. The SMILES string of the molecule is Cn1c(C(F)(F)F)nc2cc([N+](=O)[O-])cnc21. The van der Waals surface area contributed by atoms with Crippen molar-refractivity contribution in [2.45, 2.75) is 6.18 Å². The summed E-state index contributed by atoms with van der Waals surface area (Å²) in [5, 5.41) is 10.4. The van der Waals surface area contributed by atoms with Crippen LogP contribution in [-0.2, 0) is 13.2 Å². The van der Waals surface area contributed by atoms with E-state index in [2.05, 4.69) is 9.97 Å². The van der Waals surface area contributed by atoms with Crippen LogP contribution in [0.25, 0.3) is 11.2 Å². The van der Waals surface area contributed by atoms with Gasteiger partial charge in [0, 0.05) is 13.1 Å². The van der Waals surface area contributed by atoms with Gasteiger partial charge in [-0.15, -0.1) is 0 Å². The van der Waals surface area contributed by atoms with Crippen LogP contribution in [0.1, 0.15) is 5.82 Å². The average Bonchev–Trinajstić information content (AvgIpc) is 2.55. The molecule has 17 heavy (non-hydrogen) atoms. The van der Waals surface area contributed by atoms with Gasteiger partial charge >= 0.3 is 6.18 Å². The first-order valence-corrected chi connectivity index (χ1v) is 4.35. The number of nitro groups is 1. The third-order valence-corrected chi connectivity index (χ3v) is 2.16. The number of alkyl halides is 3. The van der Waals surface area contributed by atoms with Crippen LogP contribution >= 0.6 is 0 Å². The Bertz CT molecular complexity index is 605. The molecule has 0 aliphatic carbocycles. The number of nitrogens with zero attached hydrogens (tertiary/aromatic N) is 4. The zero-order valence-electron chi connectivity index (χ0n) is 8.39. The Morgan fingerprint density at radius 3 is 2.65 bits per heavy atom. The predicted molar refractivity (Wildman–Crippen MR) is 50.2 cm³/mol. The highest BCUT2D eigenvalue weighted by Gasteiger charge is 2.37. The molecular weight excluding hydrogens is 241 g/mol. The molecule has 0 atom stereocenters. The highest BCUT2D eigenvalue weighted by molar-refractivity contribution is 5.74. The average molecular weight is 246 g/mol. The molecule has 0 amide bonds. The molecule has 0 spiro atoms. The highest BCUT2D eigenvalue weighted by atomic mass is 19.4. The molecule has 0 aliphatic rings. The van der Waals surface area contributed by atoms with Crippen LogP contribution in [0, 0.1) is 10.1 Å². The Hall–Kier alpha value is -2.19. The number of pyridine rings is 1. The molecule has 0 radical (unpaired) electrons. The number of halogens is 3. The van der Waals surface area contributed by atoms with E-state index in [0.717, 1.165) is 23.9 Å². The minimum absolute atomic E-state index is 0.0528. The van der Waals surface area contributed by atoms with E-state index in [4.69, 9.17) is 0 Å². The van der Waals surface area contributed by atoms with Gasteiger partial charge in [-0.25, -0.2) is 9.97 Å². The van der Waals surface area contributed by atoms with Gasteiger partial charge < -0.3 is 4.57 Å². The third-order valence-electron chi connectivity index (χ3n) is 2.16. The Balaban J connectivity index is 2.70. The Labute approximate surface area is 91.9 Å². The minimum Gasteiger partial charge on any atom is -0.308 e. The van der Waals surface area contributed by atoms with Crippen molar-refractivity contribution in [3.63, 3.8) is 0 Å². The summed E-state index contributed by atoms with van der Waals surface area (Å²) < 4.78 is 38.3. The van der Waals surface area contributed by atoms with Gasteiger partial charge in [-0.3, -0.25) is 10.1 Å². The summed E-state index contributed by atoms with van der Waals surface area (Å²) in [4.78, 5) is 16.6. The highest BCUT2D eigenvalue weighted by Crippen LogP contribution is 2.30. The van der Waals surface area contributed by atoms with Crippen LogP contribution in [0.5, 0.6) is 0 Å². The fourth-order valence-electron chi connectivity index (χ4n) is 1.42. The number of imidazole rings is 1. The second-order valence-corrected chi connectivity index (χ2v) is 3.29. The van der Waals surface area contributed by atoms with Gasteiger partial charge in [-0.2, -0.15) is 13.2 Å². The standard InChI is InChI=1S/C8H5F3N4O2/c1-14-6-5(13-7(14)8(9,10)11)2-4(3-12-6)15(16)17/h2-3H,1H3. The van der Waals surface area contributed by atoms with Crippen molar-refractivity contribution in [2.75, 3.05) is 0 Å². The number of rotatable bonds is 1. The van der Waals surface area contributed by atoms with E-state index < -0.39 is 22.6 Å². The predicted octanol–water partition coefficient (Wildman–Crippen LogP) is 1.90. The zero-order valence-corrected chi connectivity index (χ0v) is 8.39. The topological polar surface area (TPSA) is 73.8 Å². The number of aryl methyl sites for hydroxylation is 1. The lowest BCUT2D eigenvalue weighted by molar-refractivity contribution is -0.385. The molecule has 0 saturated carbocycles. The summed E-state index contributed by atoms with van der Waals surface area (Å²) in [6, 6.07) is 0.956. The van der Waals surface area contributed by atoms with Crippen molar-refractivity contribution in [3.8, 4) is 0 Å². The molecule has 0 aliphatic heterocycles. The maximum absolute atomic E-state index is 12.5. The van der Waals surface area contributed by atoms with E-state index in [9.17, 15) is 23.3 Å². The molecule has 2 heterocycles. The first-order chi connectivity index (χ1) is 7.80. The van der Waals surface area contributed by atoms with Crippen LogP contribution < -0.4 is 0 Å². The van der Waals surface area contributed by atoms with Gasteiger partial charge in [0.1, 0.15) is 11.7 Å². The van der Waals surface area contributed by atoms with E-state index in [1.165, 1.54) is 0 Å². The first-order valence-electron chi connectivity index (χ1n) is 4.35. The van der Waals surface area contributed by atoms with E-state index in [-0.39, 0.29) is 11.2 Å². The van der Waals surface area contributed by atoms with Gasteiger partial charge in [0.2, 0.25) is 5.82 Å². The van der Waals surface area contributed by atoms with Crippen molar-refractivity contribution in [1.82, 2.24) is 14.5 Å². The molecule has 2 aromatic heterocycles. The van der Waals surface area contributed by atoms with Gasteiger partial charge in [-0.1, -0.05) is 0 Å². The number of hydrogen-bond acceptors (Lipinski definition) is 4. The van der Waals surface area contributed by atoms with Gasteiger partial charge in [0.25, 0.3) is 5.69 Å². The molecule has 9 heteroatoms. The summed E-state index contributed by atoms with van der Waals surface area (Å²) in [5.41, 5.74) is -0.610. The lowest BCUT2D eigenvalue weighted by Gasteiger charge is -2.04. The van der Waals surface area contributed by atoms with Crippen molar-refractivity contribution >= 4 is 16.9 Å². The minimum atomic E-state index is -4.62. The maximum atomic E-state index is 12.5. The fraction of sp³-hybridized carbons (Fsp3) is 0.250. The summed E-state index contributed by atoms with van der Waals surface area (Å²) in [5.74, 6) is -1.14. The maximum Gasteiger partial charge on any atom is 0.449 e. The Morgan fingerprint density at radius 2 is 2.12 bits per heavy atom. The zero-order chi connectivity index (χ0) is 12.8. The summed E-state index contributed by atoms with van der Waals surface area (Å²) in [6.45, 7) is 0. The Morgan fingerprint density at radius 1 is 1.47 bits per heavy atom. The van der Waals surface area contributed by atoms with E-state index in [0.29, 0.717) is 0 Å². The van der Waals surface area contributed by atoms with Crippen LogP contribution in [0.3, 0.4) is 0 Å². The molecule has 0 N–H and O–H groups in total. The van der Waals surface area contributed by atoms with Gasteiger partial charge in [-0.05, 0) is 0 Å². The second-order valence-electron chi connectivity index (χ2n) is 3.29. The van der Waals surface area contributed by atoms with Crippen LogP contribution in [-0.4, -0.2) is 19.5 Å². The summed E-state index contributed by atoms with van der Waals surface area (Å²) >= 11 is 0. The quantitative estimate of drug-likeness (QED) is 0.568. The molecule has 2 aromatic rings. The van der Waals surface area contributed by atoms with E-state index in [1.807, 2.05) is 0 Å². The molecule has 0 unspecified atom stereocenters. The normalized spacial score (nSPS) is 12.0. The van der Waals surface area contributed by atoms with E-state index >= 15 is 0 Å². The Kier molecular flexibility index (Phi) is 2.26. The van der Waals surface area contributed by atoms with Crippen molar-refractivity contribution in [2.24, 2.45) is 7.05 Å². The van der Waals surface area contributed by atoms with Crippen molar-refractivity contribution < 1.29 is 18.1 Å².